The lowest BCUT2D eigenvalue weighted by atomic mass is 9.81. The van der Waals surface area contributed by atoms with Crippen molar-refractivity contribution in [2.45, 2.75) is 37.1 Å². The average molecular weight is 450 g/mol. The highest BCUT2D eigenvalue weighted by Gasteiger charge is 2.59. The van der Waals surface area contributed by atoms with Gasteiger partial charge in [-0.05, 0) is 30.5 Å². The zero-order chi connectivity index (χ0) is 22.9. The van der Waals surface area contributed by atoms with Gasteiger partial charge in [0.25, 0.3) is 0 Å². The zero-order valence-corrected chi connectivity index (χ0v) is 19.1. The molecule has 0 amide bonds. The summed E-state index contributed by atoms with van der Waals surface area (Å²) >= 11 is 0. The van der Waals surface area contributed by atoms with Gasteiger partial charge in [0.1, 0.15) is 6.04 Å². The van der Waals surface area contributed by atoms with Gasteiger partial charge in [0.15, 0.2) is 0 Å². The standard InChI is InChI=1S/C26H31N3O4/c1-32-25(30)21-20(23(26(31)33-2)27-22(21)17-10-5-3-6-11-17)24-28-15-9-14-19(28)16-29(24)18-12-7-4-8-13-18/h3-8,10-13,19-24,27H,9,14-16H2,1-2H3/t19-,20?,21+,22+,23+,24?/m1/s1. The maximum atomic E-state index is 13.3. The lowest BCUT2D eigenvalue weighted by Crippen LogP contribution is -2.53. The Morgan fingerprint density at radius 2 is 1.61 bits per heavy atom. The molecule has 3 aliphatic heterocycles. The Labute approximate surface area is 194 Å². The fraction of sp³-hybridized carbons (Fsp3) is 0.462. The summed E-state index contributed by atoms with van der Waals surface area (Å²) in [4.78, 5) is 31.2. The Morgan fingerprint density at radius 1 is 0.939 bits per heavy atom. The van der Waals surface area contributed by atoms with Gasteiger partial charge in [-0.3, -0.25) is 19.8 Å². The van der Waals surface area contributed by atoms with Gasteiger partial charge in [-0.25, -0.2) is 0 Å². The third kappa shape index (κ3) is 3.79. The van der Waals surface area contributed by atoms with Crippen LogP contribution in [-0.4, -0.2) is 62.4 Å². The molecule has 7 nitrogen and oxygen atoms in total. The van der Waals surface area contributed by atoms with Crippen LogP contribution in [0.15, 0.2) is 60.7 Å². The Balaban J connectivity index is 1.62. The van der Waals surface area contributed by atoms with Gasteiger partial charge in [0.05, 0.1) is 26.3 Å². The van der Waals surface area contributed by atoms with Crippen molar-refractivity contribution < 1.29 is 19.1 Å². The summed E-state index contributed by atoms with van der Waals surface area (Å²) in [5, 5.41) is 3.47. The number of nitrogens with one attached hydrogen (secondary N) is 1. The molecule has 2 aromatic rings. The van der Waals surface area contributed by atoms with E-state index in [0.29, 0.717) is 6.04 Å². The smallest absolute Gasteiger partial charge is 0.323 e. The van der Waals surface area contributed by atoms with Crippen LogP contribution >= 0.6 is 0 Å². The van der Waals surface area contributed by atoms with E-state index < -0.39 is 12.0 Å². The van der Waals surface area contributed by atoms with E-state index >= 15 is 0 Å². The first kappa shape index (κ1) is 21.9. The van der Waals surface area contributed by atoms with Crippen LogP contribution < -0.4 is 10.2 Å². The number of nitrogens with zero attached hydrogens (tertiary/aromatic N) is 2. The lowest BCUT2D eigenvalue weighted by molar-refractivity contribution is -0.149. The molecular formula is C26H31N3O4. The normalized spacial score (nSPS) is 31.4. The van der Waals surface area contributed by atoms with Crippen molar-refractivity contribution >= 4 is 17.6 Å². The number of hydrogen-bond donors (Lipinski definition) is 1. The highest BCUT2D eigenvalue weighted by molar-refractivity contribution is 5.82. The van der Waals surface area contributed by atoms with Crippen molar-refractivity contribution in [1.82, 2.24) is 10.2 Å². The summed E-state index contributed by atoms with van der Waals surface area (Å²) in [5.41, 5.74) is 2.07. The monoisotopic (exact) mass is 449 g/mol. The molecule has 3 heterocycles. The Bertz CT molecular complexity index is 986. The Kier molecular flexibility index (Phi) is 6.08. The molecule has 0 aliphatic carbocycles. The minimum absolute atomic E-state index is 0.116. The van der Waals surface area contributed by atoms with Crippen LogP contribution in [0.5, 0.6) is 0 Å². The molecule has 3 fully saturated rings. The second-order valence-electron chi connectivity index (χ2n) is 9.12. The molecule has 0 bridgehead atoms. The molecule has 3 saturated heterocycles. The number of carbonyl (C=O) groups is 2. The van der Waals surface area contributed by atoms with Crippen molar-refractivity contribution in [1.29, 1.82) is 0 Å². The van der Waals surface area contributed by atoms with Crippen LogP contribution in [0, 0.1) is 11.8 Å². The van der Waals surface area contributed by atoms with E-state index in [0.717, 1.165) is 37.2 Å². The molecule has 6 atom stereocenters. The van der Waals surface area contributed by atoms with Crippen LogP contribution in [0.2, 0.25) is 0 Å². The van der Waals surface area contributed by atoms with Crippen LogP contribution in [0.25, 0.3) is 0 Å². The fourth-order valence-corrected chi connectivity index (χ4v) is 6.16. The predicted molar refractivity (Wildman–Crippen MR) is 124 cm³/mol. The number of methoxy groups -OCH3 is 2. The molecule has 0 spiro atoms. The first-order chi connectivity index (χ1) is 16.1. The summed E-state index contributed by atoms with van der Waals surface area (Å²) in [6.45, 7) is 1.83. The number of benzene rings is 2. The van der Waals surface area contributed by atoms with Gasteiger partial charge >= 0.3 is 11.9 Å². The van der Waals surface area contributed by atoms with E-state index in [4.69, 9.17) is 9.47 Å². The zero-order valence-electron chi connectivity index (χ0n) is 19.1. The maximum absolute atomic E-state index is 13.3. The number of ether oxygens (including phenoxy) is 2. The topological polar surface area (TPSA) is 71.1 Å². The summed E-state index contributed by atoms with van der Waals surface area (Å²) in [5.74, 6) is -1.51. The summed E-state index contributed by atoms with van der Waals surface area (Å²) in [6, 6.07) is 19.6. The van der Waals surface area contributed by atoms with Crippen molar-refractivity contribution in [2.24, 2.45) is 11.8 Å². The van der Waals surface area contributed by atoms with E-state index in [1.54, 1.807) is 0 Å². The third-order valence-electron chi connectivity index (χ3n) is 7.53. The second kappa shape index (κ2) is 9.15. The average Bonchev–Trinajstić information content (AvgIpc) is 3.57. The molecule has 7 heteroatoms. The third-order valence-corrected chi connectivity index (χ3v) is 7.53. The Hall–Kier alpha value is -2.90. The number of rotatable bonds is 5. The van der Waals surface area contributed by atoms with Crippen molar-refractivity contribution in [3.8, 4) is 0 Å². The first-order valence-corrected chi connectivity index (χ1v) is 11.7. The van der Waals surface area contributed by atoms with Gasteiger partial charge in [-0.1, -0.05) is 48.5 Å². The fourth-order valence-electron chi connectivity index (χ4n) is 6.16. The molecule has 0 saturated carbocycles. The van der Waals surface area contributed by atoms with Crippen LogP contribution in [0.4, 0.5) is 5.69 Å². The van der Waals surface area contributed by atoms with E-state index in [9.17, 15) is 9.59 Å². The van der Waals surface area contributed by atoms with Crippen LogP contribution in [-0.2, 0) is 19.1 Å². The molecular weight excluding hydrogens is 418 g/mol. The van der Waals surface area contributed by atoms with Gasteiger partial charge in [-0.15, -0.1) is 0 Å². The maximum Gasteiger partial charge on any atom is 0.323 e. The molecule has 1 N–H and O–H groups in total. The number of hydrogen-bond acceptors (Lipinski definition) is 7. The molecule has 0 aromatic heterocycles. The minimum Gasteiger partial charge on any atom is -0.469 e. The summed E-state index contributed by atoms with van der Waals surface area (Å²) in [6.07, 6.45) is 2.13. The van der Waals surface area contributed by atoms with Gasteiger partial charge in [0, 0.05) is 36.8 Å². The van der Waals surface area contributed by atoms with Crippen molar-refractivity contribution in [3.63, 3.8) is 0 Å². The largest absolute Gasteiger partial charge is 0.469 e. The highest BCUT2D eigenvalue weighted by Crippen LogP contribution is 2.47. The summed E-state index contributed by atoms with van der Waals surface area (Å²) in [7, 11) is 2.83. The van der Waals surface area contributed by atoms with E-state index in [2.05, 4.69) is 27.2 Å². The predicted octanol–water partition coefficient (Wildman–Crippen LogP) is 2.59. The SMILES string of the molecule is COC(=O)[C@H]1N[C@@H](c2ccccc2)[C@@H](C(=O)OC)C1C1N(c2ccccc2)C[C@H]2CCCN12. The molecule has 2 aromatic carbocycles. The van der Waals surface area contributed by atoms with Crippen molar-refractivity contribution in [3.05, 3.63) is 66.2 Å². The Morgan fingerprint density at radius 3 is 2.27 bits per heavy atom. The number of esters is 2. The highest BCUT2D eigenvalue weighted by atomic mass is 16.5. The van der Waals surface area contributed by atoms with Crippen LogP contribution in [0.3, 0.4) is 0 Å². The molecule has 5 rings (SSSR count). The second-order valence-corrected chi connectivity index (χ2v) is 9.12. The molecule has 33 heavy (non-hydrogen) atoms. The quantitative estimate of drug-likeness (QED) is 0.704. The van der Waals surface area contributed by atoms with Crippen molar-refractivity contribution in [2.75, 3.05) is 32.2 Å². The lowest BCUT2D eigenvalue weighted by Gasteiger charge is -2.39. The molecule has 0 radical (unpaired) electrons. The number of anilines is 1. The molecule has 174 valence electrons. The number of fused-ring (bicyclic) bond motifs is 1. The van der Waals surface area contributed by atoms with E-state index in [1.165, 1.54) is 14.2 Å². The van der Waals surface area contributed by atoms with Crippen LogP contribution in [0.1, 0.15) is 24.4 Å². The summed E-state index contributed by atoms with van der Waals surface area (Å²) < 4.78 is 10.6. The number of para-hydroxylation sites is 1. The minimum atomic E-state index is -0.625. The molecule has 2 unspecified atom stereocenters. The van der Waals surface area contributed by atoms with E-state index in [1.807, 2.05) is 48.5 Å². The number of carbonyl (C=O) groups excluding carboxylic acids is 2. The van der Waals surface area contributed by atoms with E-state index in [-0.39, 0.29) is 30.1 Å². The van der Waals surface area contributed by atoms with Gasteiger partial charge in [0.2, 0.25) is 0 Å². The van der Waals surface area contributed by atoms with Gasteiger partial charge in [-0.2, -0.15) is 0 Å². The molecule has 3 aliphatic rings. The first-order valence-electron chi connectivity index (χ1n) is 11.7. The van der Waals surface area contributed by atoms with Gasteiger partial charge < -0.3 is 14.4 Å².